The number of hydrogen-bond donors (Lipinski definition) is 0. The predicted molar refractivity (Wildman–Crippen MR) is 124 cm³/mol. The molecule has 0 amide bonds. The van der Waals surface area contributed by atoms with Crippen molar-refractivity contribution in [3.05, 3.63) is 92.8 Å². The normalized spacial score (nSPS) is 11.6. The quantitative estimate of drug-likeness (QED) is 0.232. The molecule has 0 unspecified atom stereocenters. The lowest BCUT2D eigenvalue weighted by atomic mass is 10.1. The first kappa shape index (κ1) is 18.0. The van der Waals surface area contributed by atoms with Crippen molar-refractivity contribution < 1.29 is 0 Å². The molecule has 0 aliphatic rings. The van der Waals surface area contributed by atoms with E-state index < -0.39 is 0 Å². The molecule has 0 spiro atoms. The predicted octanol–water partition coefficient (Wildman–Crippen LogP) is 6.91. The zero-order valence-electron chi connectivity index (χ0n) is 15.7. The molecule has 0 saturated heterocycles. The molecule has 0 radical (unpaired) electrons. The van der Waals surface area contributed by atoms with Crippen LogP contribution in [0.25, 0.3) is 16.5 Å². The number of rotatable bonds is 3. The van der Waals surface area contributed by atoms with Crippen molar-refractivity contribution in [1.82, 2.24) is 4.57 Å². The summed E-state index contributed by atoms with van der Waals surface area (Å²) in [4.78, 5) is 4.81. The summed E-state index contributed by atoms with van der Waals surface area (Å²) in [5.74, 6) is 0. The van der Waals surface area contributed by atoms with Gasteiger partial charge in [0.25, 0.3) is 0 Å². The van der Waals surface area contributed by atoms with Crippen molar-refractivity contribution in [3.63, 3.8) is 0 Å². The van der Waals surface area contributed by atoms with Gasteiger partial charge in [0.2, 0.25) is 0 Å². The highest BCUT2D eigenvalue weighted by atomic mass is 127. The summed E-state index contributed by atoms with van der Waals surface area (Å²) in [6, 6.07) is 23.4. The van der Waals surface area contributed by atoms with E-state index in [2.05, 4.69) is 115 Å². The average Bonchev–Trinajstić information content (AvgIpc) is 2.96. The van der Waals surface area contributed by atoms with Crippen LogP contribution in [0.2, 0.25) is 0 Å². The van der Waals surface area contributed by atoms with Gasteiger partial charge < -0.3 is 4.57 Å². The maximum Gasteiger partial charge on any atom is 0.0708 e. The summed E-state index contributed by atoms with van der Waals surface area (Å²) in [6.45, 7) is 6.46. The standard InChI is InChI=1S/C24H21IN2/c1-16-13-21(11-12-23(16)25)27-17(2)14-20(18(27)3)15-26-24-10-6-8-19-7-4-5-9-22(19)24/h4-15H,1-3H3. The molecule has 134 valence electrons. The largest absolute Gasteiger partial charge is 0.318 e. The van der Waals surface area contributed by atoms with E-state index in [0.29, 0.717) is 0 Å². The Balaban J connectivity index is 1.75. The second-order valence-electron chi connectivity index (χ2n) is 6.85. The molecule has 4 aromatic rings. The van der Waals surface area contributed by atoms with Crippen molar-refractivity contribution in [2.45, 2.75) is 20.8 Å². The minimum atomic E-state index is 1.00. The van der Waals surface area contributed by atoms with Gasteiger partial charge in [-0.05, 0) is 84.6 Å². The molecule has 0 aliphatic carbocycles. The summed E-state index contributed by atoms with van der Waals surface area (Å²) >= 11 is 2.38. The van der Waals surface area contributed by atoms with Crippen LogP contribution in [0.3, 0.4) is 0 Å². The molecule has 0 fully saturated rings. The Morgan fingerprint density at radius 1 is 0.889 bits per heavy atom. The van der Waals surface area contributed by atoms with Crippen LogP contribution >= 0.6 is 22.6 Å². The Morgan fingerprint density at radius 2 is 1.67 bits per heavy atom. The topological polar surface area (TPSA) is 17.3 Å². The maximum atomic E-state index is 4.81. The second kappa shape index (κ2) is 7.31. The highest BCUT2D eigenvalue weighted by Gasteiger charge is 2.10. The van der Waals surface area contributed by atoms with Gasteiger partial charge in [0.05, 0.1) is 5.69 Å². The smallest absolute Gasteiger partial charge is 0.0708 e. The van der Waals surface area contributed by atoms with E-state index in [4.69, 9.17) is 4.99 Å². The Bertz CT molecular complexity index is 1160. The number of aryl methyl sites for hydroxylation is 2. The highest BCUT2D eigenvalue weighted by molar-refractivity contribution is 14.1. The molecule has 0 N–H and O–H groups in total. The van der Waals surface area contributed by atoms with E-state index in [9.17, 15) is 0 Å². The molecule has 3 heteroatoms. The van der Waals surface area contributed by atoms with Crippen LogP contribution in [0.4, 0.5) is 5.69 Å². The molecule has 3 aromatic carbocycles. The lowest BCUT2D eigenvalue weighted by molar-refractivity contribution is 0.962. The molecule has 1 heterocycles. The van der Waals surface area contributed by atoms with E-state index in [0.717, 1.165) is 11.3 Å². The number of nitrogens with zero attached hydrogens (tertiary/aromatic N) is 2. The van der Waals surface area contributed by atoms with Crippen LogP contribution < -0.4 is 0 Å². The summed E-state index contributed by atoms with van der Waals surface area (Å²) in [5, 5.41) is 2.39. The fourth-order valence-electron chi connectivity index (χ4n) is 3.54. The third-order valence-electron chi connectivity index (χ3n) is 4.98. The summed E-state index contributed by atoms with van der Waals surface area (Å²) in [5.41, 5.74) is 7.07. The average molecular weight is 464 g/mol. The molecular weight excluding hydrogens is 443 g/mol. The number of fused-ring (bicyclic) bond motifs is 1. The molecule has 0 bridgehead atoms. The first-order chi connectivity index (χ1) is 13.0. The van der Waals surface area contributed by atoms with Gasteiger partial charge in [0.15, 0.2) is 0 Å². The molecule has 2 nitrogen and oxygen atoms in total. The van der Waals surface area contributed by atoms with Gasteiger partial charge in [-0.25, -0.2) is 0 Å². The third kappa shape index (κ3) is 3.44. The summed E-state index contributed by atoms with van der Waals surface area (Å²) in [7, 11) is 0. The van der Waals surface area contributed by atoms with Gasteiger partial charge in [-0.1, -0.05) is 36.4 Å². The highest BCUT2D eigenvalue weighted by Crippen LogP contribution is 2.27. The van der Waals surface area contributed by atoms with Crippen molar-refractivity contribution in [2.24, 2.45) is 4.99 Å². The molecule has 0 saturated carbocycles. The Hall–Kier alpha value is -2.40. The molecule has 0 atom stereocenters. The molecule has 0 aliphatic heterocycles. The van der Waals surface area contributed by atoms with Crippen LogP contribution in [-0.2, 0) is 0 Å². The zero-order valence-corrected chi connectivity index (χ0v) is 17.9. The van der Waals surface area contributed by atoms with Crippen molar-refractivity contribution in [1.29, 1.82) is 0 Å². The number of benzene rings is 3. The molecule has 27 heavy (non-hydrogen) atoms. The van der Waals surface area contributed by atoms with Gasteiger partial charge >= 0.3 is 0 Å². The zero-order chi connectivity index (χ0) is 19.0. The van der Waals surface area contributed by atoms with Gasteiger partial charge in [0.1, 0.15) is 0 Å². The monoisotopic (exact) mass is 464 g/mol. The lowest BCUT2D eigenvalue weighted by Crippen LogP contribution is -2.00. The number of aromatic nitrogens is 1. The summed E-state index contributed by atoms with van der Waals surface area (Å²) in [6.07, 6.45) is 1.99. The summed E-state index contributed by atoms with van der Waals surface area (Å²) < 4.78 is 3.59. The van der Waals surface area contributed by atoms with Crippen molar-refractivity contribution >= 4 is 45.3 Å². The SMILES string of the molecule is Cc1cc(-n2c(C)cc(C=Nc3cccc4ccccc34)c2C)ccc1I. The van der Waals surface area contributed by atoms with E-state index >= 15 is 0 Å². The van der Waals surface area contributed by atoms with Crippen LogP contribution in [0, 0.1) is 24.3 Å². The first-order valence-corrected chi connectivity index (χ1v) is 10.1. The second-order valence-corrected chi connectivity index (χ2v) is 8.01. The van der Waals surface area contributed by atoms with Gasteiger partial charge in [-0.3, -0.25) is 4.99 Å². The molecule has 1 aromatic heterocycles. The molecular formula is C24H21IN2. The third-order valence-corrected chi connectivity index (χ3v) is 6.19. The van der Waals surface area contributed by atoms with Crippen molar-refractivity contribution in [2.75, 3.05) is 0 Å². The minimum absolute atomic E-state index is 1.00. The van der Waals surface area contributed by atoms with Gasteiger partial charge in [-0.15, -0.1) is 0 Å². The van der Waals surface area contributed by atoms with E-state index in [1.807, 2.05) is 6.21 Å². The van der Waals surface area contributed by atoms with Gasteiger partial charge in [0, 0.05) is 37.8 Å². The lowest BCUT2D eigenvalue weighted by Gasteiger charge is -2.11. The van der Waals surface area contributed by atoms with Crippen LogP contribution in [0.5, 0.6) is 0 Å². The fraction of sp³-hybridized carbons (Fsp3) is 0.125. The Kier molecular flexibility index (Phi) is 4.87. The van der Waals surface area contributed by atoms with Gasteiger partial charge in [-0.2, -0.15) is 0 Å². The minimum Gasteiger partial charge on any atom is -0.318 e. The van der Waals surface area contributed by atoms with E-state index in [1.165, 1.54) is 37.0 Å². The molecule has 4 rings (SSSR count). The fourth-order valence-corrected chi connectivity index (χ4v) is 3.88. The van der Waals surface area contributed by atoms with Crippen LogP contribution in [-0.4, -0.2) is 10.8 Å². The number of hydrogen-bond acceptors (Lipinski definition) is 1. The Morgan fingerprint density at radius 3 is 2.48 bits per heavy atom. The van der Waals surface area contributed by atoms with E-state index in [1.54, 1.807) is 0 Å². The number of halogens is 1. The van der Waals surface area contributed by atoms with Crippen molar-refractivity contribution in [3.8, 4) is 5.69 Å². The Labute approximate surface area is 173 Å². The van der Waals surface area contributed by atoms with E-state index in [-0.39, 0.29) is 0 Å². The van der Waals surface area contributed by atoms with Crippen LogP contribution in [0.1, 0.15) is 22.5 Å². The number of aliphatic imine (C=N–C) groups is 1. The maximum absolute atomic E-state index is 4.81. The first-order valence-electron chi connectivity index (χ1n) is 9.02. The van der Waals surface area contributed by atoms with Crippen LogP contribution in [0.15, 0.2) is 71.7 Å².